The Morgan fingerprint density at radius 2 is 2.21 bits per heavy atom. The zero-order valence-corrected chi connectivity index (χ0v) is 8.45. The molecule has 0 saturated carbocycles. The average molecular weight is 218 g/mol. The van der Waals surface area contributed by atoms with Crippen molar-refractivity contribution in [3.05, 3.63) is 22.7 Å². The molecule has 0 spiro atoms. The third kappa shape index (κ3) is 2.09. The minimum absolute atomic E-state index is 0.0110. The molecule has 0 aliphatic rings. The van der Waals surface area contributed by atoms with Crippen LogP contribution in [0.25, 0.3) is 0 Å². The lowest BCUT2D eigenvalue weighted by molar-refractivity contribution is 0.181. The number of nitrogens with two attached hydrogens (primary N) is 1. The van der Waals surface area contributed by atoms with Gasteiger partial charge in [0.1, 0.15) is 0 Å². The van der Waals surface area contributed by atoms with Crippen LogP contribution in [0.2, 0.25) is 5.02 Å². The summed E-state index contributed by atoms with van der Waals surface area (Å²) < 4.78 is 4.87. The maximum Gasteiger partial charge on any atom is 0.163 e. The molecule has 0 amide bonds. The molecule has 0 radical (unpaired) electrons. The number of halogens is 1. The lowest BCUT2D eigenvalue weighted by Gasteiger charge is -2.13. The molecule has 0 aromatic heterocycles. The molecule has 0 aliphatic carbocycles. The number of hydrogen-bond acceptors (Lipinski definition) is 4. The highest BCUT2D eigenvalue weighted by Crippen LogP contribution is 2.36. The molecule has 1 unspecified atom stereocenters. The van der Waals surface area contributed by atoms with Crippen molar-refractivity contribution in [3.8, 4) is 11.5 Å². The second-order valence-electron chi connectivity index (χ2n) is 2.80. The second-order valence-corrected chi connectivity index (χ2v) is 3.23. The molecule has 78 valence electrons. The Kier molecular flexibility index (Phi) is 3.57. The number of phenolic OH excluding ortho intramolecular Hbond substituents is 1. The average Bonchev–Trinajstić information content (AvgIpc) is 2.19. The van der Waals surface area contributed by atoms with Gasteiger partial charge in [-0.15, -0.1) is 0 Å². The monoisotopic (exact) mass is 217 g/mol. The lowest BCUT2D eigenvalue weighted by atomic mass is 10.1. The van der Waals surface area contributed by atoms with Gasteiger partial charge >= 0.3 is 0 Å². The van der Waals surface area contributed by atoms with Gasteiger partial charge in [-0.1, -0.05) is 11.6 Å². The number of aromatic hydroxyl groups is 1. The Morgan fingerprint density at radius 3 is 2.71 bits per heavy atom. The topological polar surface area (TPSA) is 75.7 Å². The molecule has 1 rings (SSSR count). The van der Waals surface area contributed by atoms with E-state index in [2.05, 4.69) is 0 Å². The van der Waals surface area contributed by atoms with Gasteiger partial charge < -0.3 is 20.7 Å². The molecule has 4 nitrogen and oxygen atoms in total. The molecule has 0 bridgehead atoms. The highest BCUT2D eigenvalue weighted by Gasteiger charge is 2.15. The number of hydrogen-bond donors (Lipinski definition) is 3. The van der Waals surface area contributed by atoms with E-state index in [1.807, 2.05) is 0 Å². The molecule has 0 saturated heterocycles. The van der Waals surface area contributed by atoms with Crippen LogP contribution in [0.4, 0.5) is 0 Å². The Labute approximate surface area is 86.9 Å². The van der Waals surface area contributed by atoms with Crippen LogP contribution in [0.15, 0.2) is 12.1 Å². The maximum absolute atomic E-state index is 9.62. The van der Waals surface area contributed by atoms with Gasteiger partial charge in [-0.2, -0.15) is 0 Å². The van der Waals surface area contributed by atoms with Crippen molar-refractivity contribution < 1.29 is 14.9 Å². The number of aliphatic hydroxyl groups is 1. The van der Waals surface area contributed by atoms with Crippen LogP contribution < -0.4 is 10.5 Å². The largest absolute Gasteiger partial charge is 0.504 e. The number of phenols is 1. The van der Waals surface area contributed by atoms with E-state index in [0.717, 1.165) is 0 Å². The first kappa shape index (κ1) is 11.1. The Morgan fingerprint density at radius 1 is 1.57 bits per heavy atom. The van der Waals surface area contributed by atoms with E-state index >= 15 is 0 Å². The summed E-state index contributed by atoms with van der Waals surface area (Å²) in [6.07, 6.45) is -0.942. The summed E-state index contributed by atoms with van der Waals surface area (Å²) in [4.78, 5) is 0. The normalized spacial score (nSPS) is 12.6. The fraction of sp³-hybridized carbons (Fsp3) is 0.333. The quantitative estimate of drug-likeness (QED) is 0.707. The van der Waals surface area contributed by atoms with Crippen molar-refractivity contribution in [1.82, 2.24) is 0 Å². The van der Waals surface area contributed by atoms with Gasteiger partial charge in [0, 0.05) is 23.2 Å². The first-order valence-electron chi connectivity index (χ1n) is 4.04. The van der Waals surface area contributed by atoms with E-state index in [9.17, 15) is 10.2 Å². The van der Waals surface area contributed by atoms with Crippen molar-refractivity contribution in [3.63, 3.8) is 0 Å². The summed E-state index contributed by atoms with van der Waals surface area (Å²) >= 11 is 5.76. The van der Waals surface area contributed by atoms with Gasteiger partial charge in [0.15, 0.2) is 11.5 Å². The zero-order chi connectivity index (χ0) is 10.7. The van der Waals surface area contributed by atoms with Crippen molar-refractivity contribution in [2.24, 2.45) is 5.73 Å². The summed E-state index contributed by atoms with van der Waals surface area (Å²) in [5, 5.41) is 19.4. The van der Waals surface area contributed by atoms with Gasteiger partial charge in [-0.3, -0.25) is 0 Å². The van der Waals surface area contributed by atoms with E-state index < -0.39 is 6.10 Å². The molecule has 1 aromatic rings. The standard InChI is InChI=1S/C9H12ClNO3/c1-14-8-3-5(10)2-6(9(8)13)7(12)4-11/h2-3,7,12-13H,4,11H2,1H3. The van der Waals surface area contributed by atoms with E-state index in [4.69, 9.17) is 22.1 Å². The fourth-order valence-corrected chi connectivity index (χ4v) is 1.35. The van der Waals surface area contributed by atoms with Crippen molar-refractivity contribution in [2.45, 2.75) is 6.10 Å². The summed E-state index contributed by atoms with van der Waals surface area (Å²) in [5.74, 6) is 0.0925. The molecule has 14 heavy (non-hydrogen) atoms. The highest BCUT2D eigenvalue weighted by molar-refractivity contribution is 6.30. The molecule has 0 fully saturated rings. The molecular formula is C9H12ClNO3. The van der Waals surface area contributed by atoms with Crippen LogP contribution in [-0.4, -0.2) is 23.9 Å². The van der Waals surface area contributed by atoms with Gasteiger partial charge in [0.2, 0.25) is 0 Å². The summed E-state index contributed by atoms with van der Waals surface area (Å²) in [7, 11) is 1.41. The SMILES string of the molecule is COc1cc(Cl)cc(C(O)CN)c1O. The third-order valence-corrected chi connectivity index (χ3v) is 2.09. The molecule has 1 atom stereocenters. The minimum Gasteiger partial charge on any atom is -0.504 e. The third-order valence-electron chi connectivity index (χ3n) is 1.87. The van der Waals surface area contributed by atoms with E-state index in [0.29, 0.717) is 5.02 Å². The van der Waals surface area contributed by atoms with Crippen LogP contribution in [0.3, 0.4) is 0 Å². The smallest absolute Gasteiger partial charge is 0.163 e. The number of ether oxygens (including phenoxy) is 1. The molecule has 0 heterocycles. The number of benzene rings is 1. The van der Waals surface area contributed by atoms with E-state index in [1.165, 1.54) is 19.2 Å². The molecule has 1 aromatic carbocycles. The molecular weight excluding hydrogens is 206 g/mol. The number of aliphatic hydroxyl groups excluding tert-OH is 1. The zero-order valence-electron chi connectivity index (χ0n) is 7.70. The van der Waals surface area contributed by atoms with E-state index in [1.54, 1.807) is 0 Å². The van der Waals surface area contributed by atoms with Gasteiger partial charge in [-0.25, -0.2) is 0 Å². The Hall–Kier alpha value is -0.970. The first-order chi connectivity index (χ1) is 6.60. The van der Waals surface area contributed by atoms with Crippen molar-refractivity contribution >= 4 is 11.6 Å². The van der Waals surface area contributed by atoms with Gasteiger partial charge in [0.25, 0.3) is 0 Å². The predicted molar refractivity (Wildman–Crippen MR) is 53.7 cm³/mol. The predicted octanol–water partition coefficient (Wildman–Crippen LogP) is 1.05. The minimum atomic E-state index is -0.942. The lowest BCUT2D eigenvalue weighted by Crippen LogP contribution is -2.11. The summed E-state index contributed by atoms with van der Waals surface area (Å²) in [5.41, 5.74) is 5.54. The molecule has 0 aliphatic heterocycles. The van der Waals surface area contributed by atoms with Gasteiger partial charge in [0.05, 0.1) is 13.2 Å². The van der Waals surface area contributed by atoms with Crippen LogP contribution >= 0.6 is 11.6 Å². The number of methoxy groups -OCH3 is 1. The van der Waals surface area contributed by atoms with Crippen LogP contribution in [0.5, 0.6) is 11.5 Å². The molecule has 4 N–H and O–H groups in total. The summed E-state index contributed by atoms with van der Waals surface area (Å²) in [6, 6.07) is 2.92. The van der Waals surface area contributed by atoms with Crippen molar-refractivity contribution in [2.75, 3.05) is 13.7 Å². The maximum atomic E-state index is 9.62. The van der Waals surface area contributed by atoms with E-state index in [-0.39, 0.29) is 23.6 Å². The van der Waals surface area contributed by atoms with Crippen molar-refractivity contribution in [1.29, 1.82) is 0 Å². The van der Waals surface area contributed by atoms with Crippen LogP contribution in [0, 0.1) is 0 Å². The second kappa shape index (κ2) is 4.50. The molecule has 5 heteroatoms. The van der Waals surface area contributed by atoms with Crippen LogP contribution in [0.1, 0.15) is 11.7 Å². The van der Waals surface area contributed by atoms with Crippen LogP contribution in [-0.2, 0) is 0 Å². The first-order valence-corrected chi connectivity index (χ1v) is 4.42. The number of rotatable bonds is 3. The Bertz CT molecular complexity index is 330. The fourth-order valence-electron chi connectivity index (χ4n) is 1.13. The highest BCUT2D eigenvalue weighted by atomic mass is 35.5. The summed E-state index contributed by atoms with van der Waals surface area (Å²) in [6.45, 7) is 0.0110. The Balaban J connectivity index is 3.21. The van der Waals surface area contributed by atoms with Gasteiger partial charge in [-0.05, 0) is 6.07 Å².